The monoisotopic (exact) mass is 270 g/mol. The first-order chi connectivity index (χ1) is 9.61. The number of nitrogen functional groups attached to an aromatic ring is 1. The average molecular weight is 270 g/mol. The molecule has 20 heavy (non-hydrogen) atoms. The van der Waals surface area contributed by atoms with Crippen molar-refractivity contribution in [3.8, 4) is 0 Å². The van der Waals surface area contributed by atoms with Crippen molar-refractivity contribution in [2.45, 2.75) is 26.3 Å². The van der Waals surface area contributed by atoms with E-state index in [1.165, 1.54) is 0 Å². The Bertz CT molecular complexity index is 612. The van der Waals surface area contributed by atoms with E-state index in [9.17, 15) is 4.79 Å². The van der Waals surface area contributed by atoms with Gasteiger partial charge in [-0.2, -0.15) is 0 Å². The highest BCUT2D eigenvalue weighted by Gasteiger charge is 2.17. The summed E-state index contributed by atoms with van der Waals surface area (Å²) in [7, 11) is 0. The van der Waals surface area contributed by atoms with Gasteiger partial charge in [-0.25, -0.2) is 4.98 Å². The van der Waals surface area contributed by atoms with E-state index in [1.54, 1.807) is 24.4 Å². The standard InChI is InChI=1S/C15H18N4O/c1-3-11(14-10(2)6-5-9-17-14)19-15(20)12-7-4-8-13(16)18-12/h4-9,11H,3H2,1-2H3,(H2,16,18)(H,19,20)/t11-/m1/s1. The number of hydrogen-bond acceptors (Lipinski definition) is 4. The number of aryl methyl sites for hydroxylation is 1. The van der Waals surface area contributed by atoms with Crippen LogP contribution in [0.1, 0.15) is 41.1 Å². The molecule has 3 N–H and O–H groups in total. The number of carbonyl (C=O) groups excluding carboxylic acids is 1. The number of nitrogens with two attached hydrogens (primary N) is 1. The maximum Gasteiger partial charge on any atom is 0.270 e. The van der Waals surface area contributed by atoms with Gasteiger partial charge in [0.1, 0.15) is 11.5 Å². The van der Waals surface area contributed by atoms with Crippen LogP contribution in [0.15, 0.2) is 36.5 Å². The van der Waals surface area contributed by atoms with Gasteiger partial charge in [0.15, 0.2) is 0 Å². The summed E-state index contributed by atoms with van der Waals surface area (Å²) in [5.74, 6) is 0.0916. The van der Waals surface area contributed by atoms with Gasteiger partial charge >= 0.3 is 0 Å². The normalized spacial score (nSPS) is 11.9. The van der Waals surface area contributed by atoms with Crippen molar-refractivity contribution in [3.63, 3.8) is 0 Å². The molecule has 2 heterocycles. The smallest absolute Gasteiger partial charge is 0.270 e. The number of hydrogen-bond donors (Lipinski definition) is 2. The van der Waals surface area contributed by atoms with E-state index in [0.717, 1.165) is 17.7 Å². The lowest BCUT2D eigenvalue weighted by atomic mass is 10.1. The zero-order valence-electron chi connectivity index (χ0n) is 11.6. The molecule has 104 valence electrons. The summed E-state index contributed by atoms with van der Waals surface area (Å²) in [5.41, 5.74) is 7.85. The molecule has 0 aromatic carbocycles. The van der Waals surface area contributed by atoms with Crippen LogP contribution in [0.2, 0.25) is 0 Å². The molecular formula is C15H18N4O. The maximum atomic E-state index is 12.2. The van der Waals surface area contributed by atoms with E-state index < -0.39 is 0 Å². The van der Waals surface area contributed by atoms with Crippen LogP contribution in [0.5, 0.6) is 0 Å². The second-order valence-electron chi connectivity index (χ2n) is 4.59. The molecule has 0 saturated heterocycles. The highest BCUT2D eigenvalue weighted by atomic mass is 16.1. The number of amides is 1. The van der Waals surface area contributed by atoms with Gasteiger partial charge < -0.3 is 11.1 Å². The second-order valence-corrected chi connectivity index (χ2v) is 4.59. The minimum absolute atomic E-state index is 0.132. The van der Waals surface area contributed by atoms with Crippen LogP contribution >= 0.6 is 0 Å². The van der Waals surface area contributed by atoms with Crippen molar-refractivity contribution >= 4 is 11.7 Å². The van der Waals surface area contributed by atoms with Gasteiger partial charge in [-0.15, -0.1) is 0 Å². The molecule has 2 rings (SSSR count). The first kappa shape index (κ1) is 14.0. The van der Waals surface area contributed by atoms with Crippen LogP contribution < -0.4 is 11.1 Å². The van der Waals surface area contributed by atoms with Crippen LogP contribution in [0.3, 0.4) is 0 Å². The van der Waals surface area contributed by atoms with Crippen LogP contribution in [0.4, 0.5) is 5.82 Å². The topological polar surface area (TPSA) is 80.9 Å². The zero-order valence-corrected chi connectivity index (χ0v) is 11.6. The van der Waals surface area contributed by atoms with E-state index in [-0.39, 0.29) is 11.9 Å². The van der Waals surface area contributed by atoms with Crippen molar-refractivity contribution in [2.75, 3.05) is 5.73 Å². The van der Waals surface area contributed by atoms with E-state index in [0.29, 0.717) is 11.5 Å². The number of aromatic nitrogens is 2. The van der Waals surface area contributed by atoms with E-state index in [4.69, 9.17) is 5.73 Å². The van der Waals surface area contributed by atoms with Crippen LogP contribution in [-0.2, 0) is 0 Å². The first-order valence-electron chi connectivity index (χ1n) is 6.56. The number of anilines is 1. The molecular weight excluding hydrogens is 252 g/mol. The van der Waals surface area contributed by atoms with Gasteiger partial charge in [-0.05, 0) is 37.1 Å². The molecule has 0 bridgehead atoms. The van der Waals surface area contributed by atoms with Gasteiger partial charge in [-0.3, -0.25) is 9.78 Å². The largest absolute Gasteiger partial charge is 0.384 e. The van der Waals surface area contributed by atoms with Gasteiger partial charge in [0.05, 0.1) is 11.7 Å². The highest BCUT2D eigenvalue weighted by Crippen LogP contribution is 2.18. The van der Waals surface area contributed by atoms with Gasteiger partial charge in [0.2, 0.25) is 0 Å². The molecule has 1 atom stereocenters. The van der Waals surface area contributed by atoms with Gasteiger partial charge in [0, 0.05) is 6.20 Å². The van der Waals surface area contributed by atoms with E-state index >= 15 is 0 Å². The summed E-state index contributed by atoms with van der Waals surface area (Å²) >= 11 is 0. The molecule has 2 aromatic heterocycles. The number of rotatable bonds is 4. The summed E-state index contributed by atoms with van der Waals surface area (Å²) in [6.07, 6.45) is 2.49. The molecule has 0 saturated carbocycles. The fraction of sp³-hybridized carbons (Fsp3) is 0.267. The van der Waals surface area contributed by atoms with Crippen molar-refractivity contribution in [2.24, 2.45) is 0 Å². The Hall–Kier alpha value is -2.43. The maximum absolute atomic E-state index is 12.2. The highest BCUT2D eigenvalue weighted by molar-refractivity contribution is 5.92. The number of nitrogens with one attached hydrogen (secondary N) is 1. The predicted molar refractivity (Wildman–Crippen MR) is 78.1 cm³/mol. The van der Waals surface area contributed by atoms with E-state index in [2.05, 4.69) is 15.3 Å². The molecule has 0 fully saturated rings. The number of nitrogens with zero attached hydrogens (tertiary/aromatic N) is 2. The molecule has 2 aromatic rings. The Morgan fingerprint density at radius 1 is 1.35 bits per heavy atom. The summed E-state index contributed by atoms with van der Waals surface area (Å²) in [4.78, 5) is 20.6. The Balaban J connectivity index is 2.19. The minimum Gasteiger partial charge on any atom is -0.384 e. The van der Waals surface area contributed by atoms with Crippen molar-refractivity contribution in [1.29, 1.82) is 0 Å². The van der Waals surface area contributed by atoms with Crippen LogP contribution in [0.25, 0.3) is 0 Å². The zero-order chi connectivity index (χ0) is 14.5. The first-order valence-corrected chi connectivity index (χ1v) is 6.56. The molecule has 0 spiro atoms. The summed E-state index contributed by atoms with van der Waals surface area (Å²) in [6.45, 7) is 3.99. The lowest BCUT2D eigenvalue weighted by molar-refractivity contribution is 0.0929. The van der Waals surface area contributed by atoms with E-state index in [1.807, 2.05) is 26.0 Å². The summed E-state index contributed by atoms with van der Waals surface area (Å²) in [6, 6.07) is 8.74. The Kier molecular flexibility index (Phi) is 4.30. The summed E-state index contributed by atoms with van der Waals surface area (Å²) in [5, 5.41) is 2.95. The second kappa shape index (κ2) is 6.14. The fourth-order valence-corrected chi connectivity index (χ4v) is 2.04. The quantitative estimate of drug-likeness (QED) is 0.892. The molecule has 0 radical (unpaired) electrons. The fourth-order valence-electron chi connectivity index (χ4n) is 2.04. The third-order valence-electron chi connectivity index (χ3n) is 3.10. The van der Waals surface area contributed by atoms with Crippen molar-refractivity contribution in [1.82, 2.24) is 15.3 Å². The van der Waals surface area contributed by atoms with Gasteiger partial charge in [-0.1, -0.05) is 19.1 Å². The molecule has 0 aliphatic carbocycles. The molecule has 0 aliphatic heterocycles. The Labute approximate surface area is 118 Å². The van der Waals surface area contributed by atoms with Crippen LogP contribution in [0, 0.1) is 6.92 Å². The number of carbonyl (C=O) groups is 1. The Morgan fingerprint density at radius 2 is 2.15 bits per heavy atom. The molecule has 0 aliphatic rings. The lowest BCUT2D eigenvalue weighted by Crippen LogP contribution is -2.30. The predicted octanol–water partition coefficient (Wildman–Crippen LogP) is 2.25. The third-order valence-corrected chi connectivity index (χ3v) is 3.10. The number of pyridine rings is 2. The van der Waals surface area contributed by atoms with Gasteiger partial charge in [0.25, 0.3) is 5.91 Å². The van der Waals surface area contributed by atoms with Crippen LogP contribution in [-0.4, -0.2) is 15.9 Å². The minimum atomic E-state index is -0.241. The SMILES string of the molecule is CC[C@@H](NC(=O)c1cccc(N)n1)c1ncccc1C. The third kappa shape index (κ3) is 3.12. The average Bonchev–Trinajstić information content (AvgIpc) is 2.45. The Morgan fingerprint density at radius 3 is 2.80 bits per heavy atom. The molecule has 1 amide bonds. The summed E-state index contributed by atoms with van der Waals surface area (Å²) < 4.78 is 0. The molecule has 0 unspecified atom stereocenters. The lowest BCUT2D eigenvalue weighted by Gasteiger charge is -2.18. The van der Waals surface area contributed by atoms with Crippen molar-refractivity contribution < 1.29 is 4.79 Å². The van der Waals surface area contributed by atoms with Crippen molar-refractivity contribution in [3.05, 3.63) is 53.5 Å². The molecule has 5 nitrogen and oxygen atoms in total. The molecule has 5 heteroatoms.